The molecule has 0 bridgehead atoms. The molecule has 138 valence electrons. The highest BCUT2D eigenvalue weighted by atomic mass is 16.5. The van der Waals surface area contributed by atoms with Crippen molar-refractivity contribution >= 4 is 28.8 Å². The Balaban J connectivity index is 1.89. The first-order valence-electron chi connectivity index (χ1n) is 8.52. The monoisotopic (exact) mass is 364 g/mol. The number of ether oxygens (including phenoxy) is 1. The van der Waals surface area contributed by atoms with E-state index in [0.717, 1.165) is 16.6 Å². The van der Waals surface area contributed by atoms with E-state index in [1.54, 1.807) is 24.4 Å². The van der Waals surface area contributed by atoms with Gasteiger partial charge in [0.15, 0.2) is 6.29 Å². The molecule has 0 spiro atoms. The van der Waals surface area contributed by atoms with Crippen molar-refractivity contribution in [2.45, 2.75) is 19.9 Å². The average Bonchev–Trinajstić information content (AvgIpc) is 2.67. The average molecular weight is 364 g/mol. The number of fused-ring (bicyclic) bond motifs is 1. The molecule has 2 aromatic carbocycles. The van der Waals surface area contributed by atoms with E-state index in [1.165, 1.54) is 18.2 Å². The van der Waals surface area contributed by atoms with Crippen molar-refractivity contribution in [3.8, 4) is 11.5 Å². The fourth-order valence-electron chi connectivity index (χ4n) is 2.59. The van der Waals surface area contributed by atoms with E-state index in [4.69, 9.17) is 4.74 Å². The third-order valence-electron chi connectivity index (χ3n) is 4.42. The van der Waals surface area contributed by atoms with E-state index in [0.29, 0.717) is 17.9 Å². The molecule has 0 aliphatic carbocycles. The molecule has 3 aromatic rings. The lowest BCUT2D eigenvalue weighted by Crippen LogP contribution is -2.25. The Morgan fingerprint density at radius 1 is 1.19 bits per heavy atom. The van der Waals surface area contributed by atoms with E-state index < -0.39 is 5.97 Å². The summed E-state index contributed by atoms with van der Waals surface area (Å²) in [5.41, 5.74) is 2.16. The Morgan fingerprint density at radius 2 is 1.96 bits per heavy atom. The molecular weight excluding hydrogens is 344 g/mol. The summed E-state index contributed by atoms with van der Waals surface area (Å²) in [6.45, 7) is 4.17. The van der Waals surface area contributed by atoms with Crippen molar-refractivity contribution in [3.05, 3.63) is 59.8 Å². The number of rotatable bonds is 5. The van der Waals surface area contributed by atoms with E-state index >= 15 is 0 Å². The van der Waals surface area contributed by atoms with Crippen molar-refractivity contribution in [1.29, 1.82) is 0 Å². The van der Waals surface area contributed by atoms with Crippen LogP contribution in [0, 0.1) is 0 Å². The predicted octanol–water partition coefficient (Wildman–Crippen LogP) is 3.82. The Bertz CT molecular complexity index is 1010. The van der Waals surface area contributed by atoms with Gasteiger partial charge in [-0.25, -0.2) is 4.79 Å². The van der Waals surface area contributed by atoms with Gasteiger partial charge in [-0.15, -0.1) is 0 Å². The van der Waals surface area contributed by atoms with Crippen LogP contribution in [0.25, 0.3) is 10.9 Å². The second-order valence-electron chi connectivity index (χ2n) is 6.53. The third-order valence-corrected chi connectivity index (χ3v) is 4.42. The van der Waals surface area contributed by atoms with Crippen LogP contribution in [0.4, 0.5) is 5.69 Å². The minimum absolute atomic E-state index is 0.0596. The topological polar surface area (TPSA) is 79.7 Å². The summed E-state index contributed by atoms with van der Waals surface area (Å²) in [4.78, 5) is 29.9. The van der Waals surface area contributed by atoms with E-state index in [-0.39, 0.29) is 17.1 Å². The summed E-state index contributed by atoms with van der Waals surface area (Å²) in [6, 6.07) is 11.5. The second kappa shape index (κ2) is 7.45. The second-order valence-corrected chi connectivity index (χ2v) is 6.53. The normalized spacial score (nSPS) is 10.8. The molecule has 0 saturated heterocycles. The molecule has 6 heteroatoms. The van der Waals surface area contributed by atoms with Crippen LogP contribution in [-0.2, 0) is 0 Å². The Hall–Kier alpha value is -3.41. The third kappa shape index (κ3) is 3.89. The van der Waals surface area contributed by atoms with Crippen LogP contribution in [0.3, 0.4) is 0 Å². The van der Waals surface area contributed by atoms with E-state index in [1.807, 2.05) is 13.1 Å². The lowest BCUT2D eigenvalue weighted by Gasteiger charge is -2.23. The molecule has 0 atom stereocenters. The van der Waals surface area contributed by atoms with E-state index in [9.17, 15) is 14.7 Å². The summed E-state index contributed by atoms with van der Waals surface area (Å²) in [5.74, 6) is -0.531. The zero-order valence-electron chi connectivity index (χ0n) is 15.3. The number of esters is 1. The smallest absolute Gasteiger partial charge is 0.343 e. The molecule has 0 fully saturated rings. The standard InChI is InChI=1S/C21H20N2O4/c1-13(2)23(3)17-9-15-8-14(4-6-19(15)22-11-17)21(26)27-18-5-7-20(25)16(10-18)12-24/h4-13,25H,1-3H3. The highest BCUT2D eigenvalue weighted by Crippen LogP contribution is 2.24. The van der Waals surface area contributed by atoms with Gasteiger partial charge >= 0.3 is 5.97 Å². The van der Waals surface area contributed by atoms with Gasteiger partial charge in [-0.3, -0.25) is 9.78 Å². The molecule has 1 N–H and O–H groups in total. The van der Waals surface area contributed by atoms with Crippen molar-refractivity contribution in [3.63, 3.8) is 0 Å². The molecule has 0 saturated carbocycles. The first-order chi connectivity index (χ1) is 12.9. The minimum Gasteiger partial charge on any atom is -0.507 e. The maximum Gasteiger partial charge on any atom is 0.343 e. The van der Waals surface area contributed by atoms with Gasteiger partial charge in [-0.1, -0.05) is 0 Å². The fourth-order valence-corrected chi connectivity index (χ4v) is 2.59. The number of carbonyl (C=O) groups is 2. The van der Waals surface area contributed by atoms with Crippen LogP contribution in [-0.4, -0.2) is 35.4 Å². The van der Waals surface area contributed by atoms with Gasteiger partial charge in [0.1, 0.15) is 11.5 Å². The summed E-state index contributed by atoms with van der Waals surface area (Å²) in [5, 5.41) is 10.4. The summed E-state index contributed by atoms with van der Waals surface area (Å²) in [7, 11) is 1.99. The summed E-state index contributed by atoms with van der Waals surface area (Å²) >= 11 is 0. The molecule has 1 heterocycles. The van der Waals surface area contributed by atoms with Crippen LogP contribution in [0.2, 0.25) is 0 Å². The maximum atomic E-state index is 12.5. The number of aromatic nitrogens is 1. The van der Waals surface area contributed by atoms with Crippen molar-refractivity contribution in [2.24, 2.45) is 0 Å². The molecule has 0 aliphatic rings. The van der Waals surface area contributed by atoms with Gasteiger partial charge in [0.2, 0.25) is 0 Å². The molecule has 27 heavy (non-hydrogen) atoms. The SMILES string of the molecule is CC(C)N(C)c1cnc2ccc(C(=O)Oc3ccc(O)c(C=O)c3)cc2c1. The number of hydrogen-bond donors (Lipinski definition) is 1. The van der Waals surface area contributed by atoms with Gasteiger partial charge < -0.3 is 14.7 Å². The Morgan fingerprint density at radius 3 is 2.67 bits per heavy atom. The highest BCUT2D eigenvalue weighted by molar-refractivity contribution is 5.96. The largest absolute Gasteiger partial charge is 0.507 e. The van der Waals surface area contributed by atoms with Gasteiger partial charge in [0.05, 0.1) is 28.5 Å². The first-order valence-corrected chi connectivity index (χ1v) is 8.52. The van der Waals surface area contributed by atoms with Crippen LogP contribution >= 0.6 is 0 Å². The number of hydrogen-bond acceptors (Lipinski definition) is 6. The fraction of sp³-hybridized carbons (Fsp3) is 0.190. The number of aldehydes is 1. The number of phenolic OH excluding ortho intramolecular Hbond substituents is 1. The molecule has 0 radical (unpaired) electrons. The van der Waals surface area contributed by atoms with Crippen LogP contribution in [0.1, 0.15) is 34.6 Å². The molecule has 6 nitrogen and oxygen atoms in total. The predicted molar refractivity (Wildman–Crippen MR) is 104 cm³/mol. The number of pyridine rings is 1. The Kier molecular flexibility index (Phi) is 5.07. The van der Waals surface area contributed by atoms with Gasteiger partial charge in [-0.2, -0.15) is 0 Å². The maximum absolute atomic E-state index is 12.5. The number of anilines is 1. The molecular formula is C21H20N2O4. The zero-order valence-corrected chi connectivity index (χ0v) is 15.3. The number of carbonyl (C=O) groups excluding carboxylic acids is 2. The molecule has 1 aromatic heterocycles. The van der Waals surface area contributed by atoms with Crippen LogP contribution in [0.5, 0.6) is 11.5 Å². The number of phenols is 1. The lowest BCUT2D eigenvalue weighted by molar-refractivity contribution is 0.0734. The first kappa shape index (κ1) is 18.4. The number of aromatic hydroxyl groups is 1. The molecule has 3 rings (SSSR count). The van der Waals surface area contributed by atoms with Crippen molar-refractivity contribution in [2.75, 3.05) is 11.9 Å². The van der Waals surface area contributed by atoms with Crippen molar-refractivity contribution < 1.29 is 19.4 Å². The molecule has 0 amide bonds. The molecule has 0 unspecified atom stereocenters. The minimum atomic E-state index is -0.554. The van der Waals surface area contributed by atoms with Gasteiger partial charge in [0.25, 0.3) is 0 Å². The molecule has 0 aliphatic heterocycles. The zero-order chi connectivity index (χ0) is 19.6. The number of benzene rings is 2. The Labute approximate surface area is 157 Å². The highest BCUT2D eigenvalue weighted by Gasteiger charge is 2.13. The van der Waals surface area contributed by atoms with Gasteiger partial charge in [-0.05, 0) is 56.3 Å². The lowest BCUT2D eigenvalue weighted by atomic mass is 10.1. The quantitative estimate of drug-likeness (QED) is 0.421. The summed E-state index contributed by atoms with van der Waals surface area (Å²) < 4.78 is 5.32. The summed E-state index contributed by atoms with van der Waals surface area (Å²) in [6.07, 6.45) is 2.30. The van der Waals surface area contributed by atoms with Crippen LogP contribution in [0.15, 0.2) is 48.7 Å². The van der Waals surface area contributed by atoms with Crippen molar-refractivity contribution in [1.82, 2.24) is 4.98 Å². The van der Waals surface area contributed by atoms with Gasteiger partial charge in [0, 0.05) is 18.5 Å². The van der Waals surface area contributed by atoms with E-state index in [2.05, 4.69) is 23.7 Å². The van der Waals surface area contributed by atoms with Crippen LogP contribution < -0.4 is 9.64 Å². The number of nitrogens with zero attached hydrogens (tertiary/aromatic N) is 2.